The summed E-state index contributed by atoms with van der Waals surface area (Å²) in [6, 6.07) is 12.1. The lowest BCUT2D eigenvalue weighted by atomic mass is 10.00. The summed E-state index contributed by atoms with van der Waals surface area (Å²) >= 11 is 0. The number of unbranched alkanes of at least 4 members (excludes halogenated alkanes) is 2. The van der Waals surface area contributed by atoms with Crippen LogP contribution in [0.4, 0.5) is 0 Å². The molecule has 0 bridgehead atoms. The van der Waals surface area contributed by atoms with Crippen molar-refractivity contribution in [3.63, 3.8) is 0 Å². The molecule has 1 amide bonds. The van der Waals surface area contributed by atoms with E-state index in [1.54, 1.807) is 37.4 Å². The number of aliphatic hydroxyl groups excluding tert-OH is 1. The molecule has 1 aliphatic heterocycles. The van der Waals surface area contributed by atoms with Crippen LogP contribution < -0.4 is 24.8 Å². The van der Waals surface area contributed by atoms with E-state index in [0.29, 0.717) is 67.6 Å². The van der Waals surface area contributed by atoms with E-state index in [0.717, 1.165) is 31.1 Å². The number of carbonyl (C=O) groups is 2. The van der Waals surface area contributed by atoms with Gasteiger partial charge in [0.15, 0.2) is 17.3 Å². The average molecular weight is 553 g/mol. The van der Waals surface area contributed by atoms with Crippen LogP contribution >= 0.6 is 0 Å². The number of fused-ring (bicyclic) bond motifs is 1. The van der Waals surface area contributed by atoms with Crippen LogP contribution in [0.1, 0.15) is 80.3 Å². The fourth-order valence-corrected chi connectivity index (χ4v) is 5.62. The van der Waals surface area contributed by atoms with Crippen molar-refractivity contribution >= 4 is 11.7 Å². The molecule has 4 rings (SSSR count). The predicted octanol–water partition coefficient (Wildman–Crippen LogP) is 4.84. The van der Waals surface area contributed by atoms with Crippen LogP contribution in [-0.2, 0) is 4.79 Å². The number of Topliss-reactive ketones (excluding diaryl/α,β-unsaturated/α-hetero) is 1. The molecule has 0 spiro atoms. The van der Waals surface area contributed by atoms with E-state index in [4.69, 9.17) is 14.2 Å². The van der Waals surface area contributed by atoms with E-state index in [9.17, 15) is 14.7 Å². The first-order valence-corrected chi connectivity index (χ1v) is 14.7. The first kappa shape index (κ1) is 29.9. The maximum Gasteiger partial charge on any atom is 0.220 e. The lowest BCUT2D eigenvalue weighted by Crippen LogP contribution is -2.46. The molecule has 1 aliphatic carbocycles. The van der Waals surface area contributed by atoms with Crippen molar-refractivity contribution in [2.75, 3.05) is 33.4 Å². The first-order chi connectivity index (χ1) is 19.4. The monoisotopic (exact) mass is 552 g/mol. The molecule has 218 valence electrons. The summed E-state index contributed by atoms with van der Waals surface area (Å²) in [5, 5.41) is 17.8. The largest absolute Gasteiger partial charge is 0.497 e. The van der Waals surface area contributed by atoms with Gasteiger partial charge in [-0.1, -0.05) is 25.8 Å². The molecular formula is C32H44N2O6. The Morgan fingerprint density at radius 1 is 1.00 bits per heavy atom. The Kier molecular flexibility index (Phi) is 11.2. The third-order valence-corrected chi connectivity index (χ3v) is 7.96. The minimum atomic E-state index is -0.892. The molecule has 2 aromatic carbocycles. The van der Waals surface area contributed by atoms with Gasteiger partial charge in [-0.15, -0.1) is 0 Å². The number of amides is 1. The van der Waals surface area contributed by atoms with Crippen LogP contribution in [0.5, 0.6) is 17.2 Å². The topological polar surface area (TPSA) is 106 Å². The summed E-state index contributed by atoms with van der Waals surface area (Å²) in [6.45, 7) is 4.63. The van der Waals surface area contributed by atoms with Crippen LogP contribution in [0.15, 0.2) is 42.5 Å². The summed E-state index contributed by atoms with van der Waals surface area (Å²) in [4.78, 5) is 25.3. The minimum Gasteiger partial charge on any atom is -0.497 e. The SMILES string of the molecule is COc1ccc(C(=O)CCCCCC(=O)N[C@H](CNC[C@@H]2CC[C@H](C)C2)[C@H](O)c2ccc3c(c2)OCCO3)cc1. The van der Waals surface area contributed by atoms with Crippen molar-refractivity contribution in [3.05, 3.63) is 53.6 Å². The van der Waals surface area contributed by atoms with Crippen LogP contribution in [0.3, 0.4) is 0 Å². The molecule has 8 nitrogen and oxygen atoms in total. The number of nitrogens with one attached hydrogen (secondary N) is 2. The molecule has 4 atom stereocenters. The maximum atomic E-state index is 12.9. The molecule has 2 aromatic rings. The highest BCUT2D eigenvalue weighted by molar-refractivity contribution is 5.96. The normalized spacial score (nSPS) is 19.6. The van der Waals surface area contributed by atoms with Gasteiger partial charge in [-0.3, -0.25) is 9.59 Å². The standard InChI is InChI=1S/C32H44N2O6/c1-22-8-9-23(18-22)20-33-21-27(32(37)25-12-15-29-30(19-25)40-17-16-39-29)34-31(36)7-5-3-4-6-28(35)24-10-13-26(38-2)14-11-24/h10-15,19,22-23,27,32-33,37H,3-9,16-18,20-21H2,1-2H3,(H,34,36)/t22-,23+,27+,32+/m0/s1. The Morgan fingerprint density at radius 3 is 2.48 bits per heavy atom. The summed E-state index contributed by atoms with van der Waals surface area (Å²) in [7, 11) is 1.60. The summed E-state index contributed by atoms with van der Waals surface area (Å²) in [6.07, 6.45) is 5.79. The van der Waals surface area contributed by atoms with Gasteiger partial charge in [0.25, 0.3) is 0 Å². The summed E-state index contributed by atoms with van der Waals surface area (Å²) < 4.78 is 16.5. The Hall–Kier alpha value is -3.10. The van der Waals surface area contributed by atoms with Gasteiger partial charge in [0.1, 0.15) is 25.1 Å². The Labute approximate surface area is 237 Å². The molecule has 1 heterocycles. The van der Waals surface area contributed by atoms with E-state index in [2.05, 4.69) is 17.6 Å². The van der Waals surface area contributed by atoms with Crippen LogP contribution in [0.25, 0.3) is 0 Å². The van der Waals surface area contributed by atoms with Crippen molar-refractivity contribution in [2.45, 2.75) is 70.4 Å². The lowest BCUT2D eigenvalue weighted by molar-refractivity contribution is -0.122. The van der Waals surface area contributed by atoms with Gasteiger partial charge < -0.3 is 30.0 Å². The quantitative estimate of drug-likeness (QED) is 0.214. The van der Waals surface area contributed by atoms with Crippen molar-refractivity contribution in [1.82, 2.24) is 10.6 Å². The lowest BCUT2D eigenvalue weighted by Gasteiger charge is -2.27. The Balaban J connectivity index is 1.25. The van der Waals surface area contributed by atoms with E-state index in [1.165, 1.54) is 19.3 Å². The van der Waals surface area contributed by atoms with E-state index < -0.39 is 12.1 Å². The number of rotatable bonds is 15. The van der Waals surface area contributed by atoms with Gasteiger partial charge >= 0.3 is 0 Å². The number of hydrogen-bond donors (Lipinski definition) is 3. The minimum absolute atomic E-state index is 0.0949. The van der Waals surface area contributed by atoms with Crippen molar-refractivity contribution in [2.24, 2.45) is 11.8 Å². The number of ketones is 1. The van der Waals surface area contributed by atoms with Gasteiger partial charge in [0, 0.05) is 24.9 Å². The predicted molar refractivity (Wildman–Crippen MR) is 154 cm³/mol. The van der Waals surface area contributed by atoms with Crippen molar-refractivity contribution in [3.8, 4) is 17.2 Å². The molecule has 0 saturated heterocycles. The average Bonchev–Trinajstić information content (AvgIpc) is 3.40. The molecule has 0 aromatic heterocycles. The van der Waals surface area contributed by atoms with Crippen LogP contribution in [0.2, 0.25) is 0 Å². The fourth-order valence-electron chi connectivity index (χ4n) is 5.62. The molecule has 0 unspecified atom stereocenters. The van der Waals surface area contributed by atoms with Gasteiger partial charge in [0.2, 0.25) is 5.91 Å². The van der Waals surface area contributed by atoms with Gasteiger partial charge in [-0.25, -0.2) is 0 Å². The third kappa shape index (κ3) is 8.70. The van der Waals surface area contributed by atoms with E-state index in [1.807, 2.05) is 12.1 Å². The zero-order valence-electron chi connectivity index (χ0n) is 23.8. The molecule has 2 aliphatic rings. The first-order valence-electron chi connectivity index (χ1n) is 14.7. The highest BCUT2D eigenvalue weighted by Gasteiger charge is 2.26. The van der Waals surface area contributed by atoms with Crippen LogP contribution in [0, 0.1) is 11.8 Å². The number of aliphatic hydroxyl groups is 1. The number of carbonyl (C=O) groups excluding carboxylic acids is 2. The molecule has 3 N–H and O–H groups in total. The van der Waals surface area contributed by atoms with E-state index >= 15 is 0 Å². The van der Waals surface area contributed by atoms with E-state index in [-0.39, 0.29) is 11.7 Å². The number of methoxy groups -OCH3 is 1. The van der Waals surface area contributed by atoms with Gasteiger partial charge in [-0.2, -0.15) is 0 Å². The molecule has 1 saturated carbocycles. The number of benzene rings is 2. The van der Waals surface area contributed by atoms with Crippen LogP contribution in [-0.4, -0.2) is 56.3 Å². The number of hydrogen-bond acceptors (Lipinski definition) is 7. The smallest absolute Gasteiger partial charge is 0.220 e. The second-order valence-corrected chi connectivity index (χ2v) is 11.2. The molecule has 8 heteroatoms. The summed E-state index contributed by atoms with van der Waals surface area (Å²) in [5.74, 6) is 3.40. The fraction of sp³-hybridized carbons (Fsp3) is 0.562. The highest BCUT2D eigenvalue weighted by Crippen LogP contribution is 2.33. The molecular weight excluding hydrogens is 508 g/mol. The Bertz CT molecular complexity index is 1110. The maximum absolute atomic E-state index is 12.9. The van der Waals surface area contributed by atoms with Crippen molar-refractivity contribution in [1.29, 1.82) is 0 Å². The second kappa shape index (κ2) is 15.1. The molecule has 40 heavy (non-hydrogen) atoms. The number of ether oxygens (including phenoxy) is 3. The zero-order chi connectivity index (χ0) is 28.3. The third-order valence-electron chi connectivity index (χ3n) is 7.96. The Morgan fingerprint density at radius 2 is 1.75 bits per heavy atom. The van der Waals surface area contributed by atoms with Gasteiger partial charge in [0.05, 0.1) is 13.2 Å². The second-order valence-electron chi connectivity index (χ2n) is 11.2. The van der Waals surface area contributed by atoms with Crippen molar-refractivity contribution < 1.29 is 28.9 Å². The zero-order valence-corrected chi connectivity index (χ0v) is 23.8. The summed E-state index contributed by atoms with van der Waals surface area (Å²) in [5.41, 5.74) is 1.36. The molecule has 1 fully saturated rings. The van der Waals surface area contributed by atoms with Gasteiger partial charge in [-0.05, 0) is 86.0 Å². The molecule has 0 radical (unpaired) electrons. The highest BCUT2D eigenvalue weighted by atomic mass is 16.6.